The maximum Gasteiger partial charge on any atom is 0.420 e. The molecule has 2 aromatic heterocycles. The minimum absolute atomic E-state index is 0.00740. The highest BCUT2D eigenvalue weighted by Gasteiger charge is 2.33. The van der Waals surface area contributed by atoms with Crippen LogP contribution in [0.5, 0.6) is 5.75 Å². The number of benzene rings is 1. The fourth-order valence-corrected chi connectivity index (χ4v) is 12.4. The maximum atomic E-state index is 13.5. The Labute approximate surface area is 566 Å². The number of likely N-dealkylation sites (tertiary alicyclic amines) is 1. The Bertz CT molecular complexity index is 2700. The van der Waals surface area contributed by atoms with Crippen LogP contribution in [-0.4, -0.2) is 101 Å². The first kappa shape index (κ1) is 79.4. The Morgan fingerprint density at radius 3 is 1.68 bits per heavy atom. The molecule has 3 aromatic rings. The molecule has 93 heavy (non-hydrogen) atoms. The number of allylic oxidation sites excluding steroid dienone is 4. The van der Waals surface area contributed by atoms with Gasteiger partial charge in [0.2, 0.25) is 5.91 Å². The molecule has 5 unspecified atom stereocenters. The summed E-state index contributed by atoms with van der Waals surface area (Å²) in [5.41, 5.74) is 0.787. The minimum Gasteiger partial charge on any atom is -0.462 e. The number of amides is 1. The number of esters is 4. The number of hydrogen-bond acceptors (Lipinski definition) is 15. The molecule has 3 heterocycles. The van der Waals surface area contributed by atoms with E-state index in [9.17, 15) is 28.8 Å². The second kappa shape index (κ2) is 47.8. The molecular weight excluding hydrogens is 1220 g/mol. The summed E-state index contributed by atoms with van der Waals surface area (Å²) in [6.45, 7) is 10.9. The number of rotatable bonds is 49. The number of aromatic nitrogens is 3. The second-order valence-corrected chi connectivity index (χ2v) is 26.7. The van der Waals surface area contributed by atoms with Gasteiger partial charge in [-0.15, -0.1) is 0 Å². The highest BCUT2D eigenvalue weighted by atomic mass is 35.5. The molecule has 1 aromatic carbocycles. The lowest BCUT2D eigenvalue weighted by Crippen LogP contribution is -2.52. The van der Waals surface area contributed by atoms with Crippen LogP contribution in [-0.2, 0) is 49.5 Å². The number of carbonyl (C=O) groups is 6. The Kier molecular flexibility index (Phi) is 40.9. The topological polar surface area (TPSA) is 210 Å². The van der Waals surface area contributed by atoms with Crippen LogP contribution in [0, 0.1) is 29.1 Å². The van der Waals surface area contributed by atoms with Gasteiger partial charge in [-0.25, -0.2) is 19.3 Å². The summed E-state index contributed by atoms with van der Waals surface area (Å²) in [7, 11) is 1.89. The van der Waals surface area contributed by atoms with E-state index >= 15 is 0 Å². The number of likely N-dealkylation sites (N-methyl/N-ethyl adjacent to an activating group) is 1. The zero-order chi connectivity index (χ0) is 67.4. The molecule has 518 valence electrons. The van der Waals surface area contributed by atoms with Crippen molar-refractivity contribution in [3.63, 3.8) is 0 Å². The molecule has 1 aliphatic rings. The lowest BCUT2D eigenvalue weighted by atomic mass is 9.92. The molecule has 1 saturated heterocycles. The summed E-state index contributed by atoms with van der Waals surface area (Å²) in [4.78, 5) is 90.9. The van der Waals surface area contributed by atoms with Crippen molar-refractivity contribution in [1.29, 1.82) is 5.26 Å². The molecule has 19 heteroatoms. The van der Waals surface area contributed by atoms with Crippen molar-refractivity contribution in [3.8, 4) is 11.8 Å². The van der Waals surface area contributed by atoms with Gasteiger partial charge in [0.1, 0.15) is 38.4 Å². The normalized spacial score (nSPS) is 15.1. The number of nitrogens with zero attached hydrogens (tertiary/aromatic N) is 6. The van der Waals surface area contributed by atoms with Crippen LogP contribution in [0.4, 0.5) is 10.6 Å². The third kappa shape index (κ3) is 32.8. The van der Waals surface area contributed by atoms with E-state index in [2.05, 4.69) is 55.0 Å². The fourth-order valence-electron chi connectivity index (χ4n) is 11.8. The van der Waals surface area contributed by atoms with Gasteiger partial charge in [-0.05, 0) is 112 Å². The average molecular weight is 1330 g/mol. The van der Waals surface area contributed by atoms with E-state index in [1.165, 1.54) is 100 Å². The van der Waals surface area contributed by atoms with Crippen molar-refractivity contribution in [2.45, 2.75) is 278 Å². The molecule has 1 amide bonds. The third-order valence-corrected chi connectivity index (χ3v) is 18.1. The molecule has 0 radical (unpaired) electrons. The summed E-state index contributed by atoms with van der Waals surface area (Å²) in [5, 5.41) is 9.82. The van der Waals surface area contributed by atoms with Crippen LogP contribution < -0.4 is 9.64 Å². The van der Waals surface area contributed by atoms with Gasteiger partial charge in [0.15, 0.2) is 17.5 Å². The van der Waals surface area contributed by atoms with Gasteiger partial charge in [0.25, 0.3) is 0 Å². The van der Waals surface area contributed by atoms with Gasteiger partial charge in [-0.1, -0.05) is 204 Å². The molecule has 17 nitrogen and oxygen atoms in total. The monoisotopic (exact) mass is 1330 g/mol. The van der Waals surface area contributed by atoms with E-state index in [0.29, 0.717) is 61.2 Å². The lowest BCUT2D eigenvalue weighted by molar-refractivity contribution is -0.167. The van der Waals surface area contributed by atoms with Gasteiger partial charge in [-0.2, -0.15) is 5.26 Å². The molecule has 1 aliphatic heterocycles. The first-order chi connectivity index (χ1) is 45.0. The molecule has 0 saturated carbocycles. The van der Waals surface area contributed by atoms with E-state index in [4.69, 9.17) is 52.1 Å². The van der Waals surface area contributed by atoms with Crippen LogP contribution in [0.15, 0.2) is 55.0 Å². The maximum absolute atomic E-state index is 13.5. The fraction of sp³-hybridized carbons (Fsp3) is 0.689. The minimum atomic E-state index is -0.930. The Hall–Kier alpha value is -5.99. The van der Waals surface area contributed by atoms with Crippen molar-refractivity contribution in [2.75, 3.05) is 38.3 Å². The third-order valence-electron chi connectivity index (χ3n) is 17.5. The van der Waals surface area contributed by atoms with Gasteiger partial charge >= 0.3 is 30.0 Å². The van der Waals surface area contributed by atoms with Gasteiger partial charge in [-0.3, -0.25) is 24.0 Å². The zero-order valence-corrected chi connectivity index (χ0v) is 58.8. The smallest absolute Gasteiger partial charge is 0.420 e. The van der Waals surface area contributed by atoms with Crippen LogP contribution in [0.2, 0.25) is 10.0 Å². The summed E-state index contributed by atoms with van der Waals surface area (Å²) in [6, 6.07) is 6.62. The van der Waals surface area contributed by atoms with Crippen LogP contribution in [0.3, 0.4) is 0 Å². The Morgan fingerprint density at radius 1 is 0.667 bits per heavy atom. The number of nitriles is 1. The van der Waals surface area contributed by atoms with Gasteiger partial charge in [0.05, 0.1) is 27.5 Å². The number of fused-ring (bicyclic) bond motifs is 1. The van der Waals surface area contributed by atoms with Crippen molar-refractivity contribution in [1.82, 2.24) is 19.4 Å². The molecule has 4 rings (SSSR count). The van der Waals surface area contributed by atoms with E-state index in [0.717, 1.165) is 89.9 Å². The quantitative estimate of drug-likeness (QED) is 0.0169. The van der Waals surface area contributed by atoms with E-state index < -0.39 is 24.1 Å². The molecular formula is C74H112Cl2N6O11. The lowest BCUT2D eigenvalue weighted by Gasteiger charge is -2.42. The molecule has 0 N–H and O–H groups in total. The Balaban J connectivity index is 1.17. The van der Waals surface area contributed by atoms with Crippen LogP contribution in [0.1, 0.15) is 265 Å². The predicted molar refractivity (Wildman–Crippen MR) is 370 cm³/mol. The van der Waals surface area contributed by atoms with Gasteiger partial charge in [0, 0.05) is 52.0 Å². The molecule has 5 atom stereocenters. The largest absolute Gasteiger partial charge is 0.462 e. The van der Waals surface area contributed by atoms with Crippen molar-refractivity contribution >= 4 is 75.9 Å². The number of ether oxygens (including phenoxy) is 5. The zero-order valence-electron chi connectivity index (χ0n) is 57.3. The number of carbonyl (C=O) groups excluding carboxylic acids is 6. The SMILES string of the molecule is CCCCCCCCC=CCCCCCCCC(=O)OCC(COC(=O)CCCCCCC/C=C/CCCCCCCC)OC(=O)CC(C)CCCC(C)CC(=O)Oc1c(Cl)cc(COC(=O)n2ccc3c(N(C)C4CN(C(=O)CC#N)CCC4C)ncnc32)cc1Cl. The second-order valence-electron chi connectivity index (χ2n) is 25.9. The highest BCUT2D eigenvalue weighted by Crippen LogP contribution is 2.36. The van der Waals surface area contributed by atoms with Crippen LogP contribution >= 0.6 is 23.2 Å². The summed E-state index contributed by atoms with van der Waals surface area (Å²) >= 11 is 13.2. The number of hydrogen-bond donors (Lipinski definition) is 0. The van der Waals surface area contributed by atoms with Crippen LogP contribution in [0.25, 0.3) is 11.0 Å². The highest BCUT2D eigenvalue weighted by molar-refractivity contribution is 6.37. The number of halogens is 2. The van der Waals surface area contributed by atoms with E-state index in [1.54, 1.807) is 17.2 Å². The molecule has 0 spiro atoms. The van der Waals surface area contributed by atoms with Gasteiger partial charge < -0.3 is 33.5 Å². The summed E-state index contributed by atoms with van der Waals surface area (Å²) in [5.74, 6) is -1.27. The Morgan fingerprint density at radius 2 is 1.16 bits per heavy atom. The number of anilines is 1. The first-order valence-electron chi connectivity index (χ1n) is 35.4. The molecule has 0 bridgehead atoms. The molecule has 0 aliphatic carbocycles. The number of piperidine rings is 1. The van der Waals surface area contributed by atoms with E-state index in [-0.39, 0.29) is 109 Å². The standard InChI is InChI=1S/C74H112Cl2N6O11/c1-7-9-11-13-15-17-19-21-23-25-27-29-31-33-35-40-67(84)89-54-61(55-90-68(85)41-36-34-32-30-28-26-24-22-20-18-16-14-12-10-8-2)92-69(86)48-57(3)38-37-39-58(4)49-70(87)93-71-63(75)50-60(51-64(71)76)53-91-74(88)82-47-44-62-72(78-56-79-73(62)82)80(6)65-52-81(46-43-59(65)5)66(83)42-45-77/h21-24,44,47,50-51,56-59,61,65H,7-20,25-43,46,48-49,52-55H2,1-6H3/b23-21+,24-22?. The van der Waals surface area contributed by atoms with Crippen molar-refractivity contribution < 1.29 is 52.5 Å². The molecule has 1 fully saturated rings. The van der Waals surface area contributed by atoms with Crippen molar-refractivity contribution in [2.24, 2.45) is 17.8 Å². The first-order valence-corrected chi connectivity index (χ1v) is 36.2. The number of unbranched alkanes of at least 4 members (excludes halogenated alkanes) is 22. The summed E-state index contributed by atoms with van der Waals surface area (Å²) in [6.07, 6.45) is 44.1. The average Bonchev–Trinajstić information content (AvgIpc) is 1.71. The van der Waals surface area contributed by atoms with Crippen molar-refractivity contribution in [3.05, 3.63) is 70.6 Å². The predicted octanol–water partition coefficient (Wildman–Crippen LogP) is 18.7. The summed E-state index contributed by atoms with van der Waals surface area (Å²) < 4.78 is 29.6. The van der Waals surface area contributed by atoms with E-state index in [1.807, 2.05) is 31.9 Å².